The Kier molecular flexibility index (Phi) is 7.00. The van der Waals surface area contributed by atoms with E-state index in [1.165, 1.54) is 0 Å². The Morgan fingerprint density at radius 3 is 2.61 bits per heavy atom. The van der Waals surface area contributed by atoms with Gasteiger partial charge in [-0.05, 0) is 6.42 Å². The Morgan fingerprint density at radius 2 is 2.06 bits per heavy atom. The summed E-state index contributed by atoms with van der Waals surface area (Å²) in [4.78, 5) is 15.8. The van der Waals surface area contributed by atoms with Crippen LogP contribution in [0, 0.1) is 0 Å². The molecule has 0 aromatic carbocycles. The van der Waals surface area contributed by atoms with Gasteiger partial charge in [-0.25, -0.2) is 4.79 Å². The lowest BCUT2D eigenvalue weighted by Gasteiger charge is -2.35. The SMILES string of the molecule is CC[C@@H](O)CN1CCN(C(=O)NCCOC)CC1. The fourth-order valence-electron chi connectivity index (χ4n) is 1.93. The summed E-state index contributed by atoms with van der Waals surface area (Å²) in [6.45, 7) is 6.85. The molecule has 6 nitrogen and oxygen atoms in total. The smallest absolute Gasteiger partial charge is 0.317 e. The van der Waals surface area contributed by atoms with E-state index in [2.05, 4.69) is 10.2 Å². The third-order valence-corrected chi connectivity index (χ3v) is 3.18. The number of carbonyl (C=O) groups is 1. The Labute approximate surface area is 109 Å². The molecule has 1 heterocycles. The molecule has 2 N–H and O–H groups in total. The zero-order chi connectivity index (χ0) is 13.4. The highest BCUT2D eigenvalue weighted by Crippen LogP contribution is 2.04. The Hall–Kier alpha value is -0.850. The van der Waals surface area contributed by atoms with E-state index in [-0.39, 0.29) is 12.1 Å². The van der Waals surface area contributed by atoms with Gasteiger partial charge in [0, 0.05) is 46.4 Å². The summed E-state index contributed by atoms with van der Waals surface area (Å²) in [5.41, 5.74) is 0. The maximum atomic E-state index is 11.7. The van der Waals surface area contributed by atoms with E-state index in [0.717, 1.165) is 32.6 Å². The highest BCUT2D eigenvalue weighted by molar-refractivity contribution is 5.74. The van der Waals surface area contributed by atoms with Gasteiger partial charge in [0.25, 0.3) is 0 Å². The van der Waals surface area contributed by atoms with Crippen LogP contribution in [0.5, 0.6) is 0 Å². The summed E-state index contributed by atoms with van der Waals surface area (Å²) >= 11 is 0. The number of aliphatic hydroxyl groups excluding tert-OH is 1. The van der Waals surface area contributed by atoms with Gasteiger partial charge in [0.15, 0.2) is 0 Å². The summed E-state index contributed by atoms with van der Waals surface area (Å²) < 4.78 is 4.88. The summed E-state index contributed by atoms with van der Waals surface area (Å²) in [5, 5.41) is 12.4. The molecule has 18 heavy (non-hydrogen) atoms. The number of nitrogens with one attached hydrogen (secondary N) is 1. The van der Waals surface area contributed by atoms with Crippen molar-refractivity contribution >= 4 is 6.03 Å². The second-order valence-electron chi connectivity index (χ2n) is 4.57. The zero-order valence-corrected chi connectivity index (χ0v) is 11.4. The summed E-state index contributed by atoms with van der Waals surface area (Å²) in [5.74, 6) is 0. The van der Waals surface area contributed by atoms with Crippen molar-refractivity contribution in [2.75, 3.05) is 53.0 Å². The first-order valence-corrected chi connectivity index (χ1v) is 6.59. The maximum Gasteiger partial charge on any atom is 0.317 e. The van der Waals surface area contributed by atoms with Crippen molar-refractivity contribution in [1.29, 1.82) is 0 Å². The largest absolute Gasteiger partial charge is 0.392 e. The number of piperazine rings is 1. The minimum Gasteiger partial charge on any atom is -0.392 e. The minimum atomic E-state index is -0.257. The number of β-amino-alcohol motifs (C(OH)–C–C–N with tert-alkyl or cyclic N) is 1. The van der Waals surface area contributed by atoms with Gasteiger partial charge >= 0.3 is 6.03 Å². The summed E-state index contributed by atoms with van der Waals surface area (Å²) in [7, 11) is 1.62. The quantitative estimate of drug-likeness (QED) is 0.645. The first-order valence-electron chi connectivity index (χ1n) is 6.59. The van der Waals surface area contributed by atoms with Crippen LogP contribution >= 0.6 is 0 Å². The van der Waals surface area contributed by atoms with Crippen LogP contribution in [0.4, 0.5) is 4.79 Å². The number of carbonyl (C=O) groups excluding carboxylic acids is 1. The number of rotatable bonds is 6. The van der Waals surface area contributed by atoms with Crippen molar-refractivity contribution in [3.63, 3.8) is 0 Å². The number of hydrogen-bond donors (Lipinski definition) is 2. The van der Waals surface area contributed by atoms with Crippen LogP contribution < -0.4 is 5.32 Å². The van der Waals surface area contributed by atoms with Gasteiger partial charge in [0.05, 0.1) is 12.7 Å². The number of aliphatic hydroxyl groups is 1. The molecule has 0 unspecified atom stereocenters. The highest BCUT2D eigenvalue weighted by Gasteiger charge is 2.21. The lowest BCUT2D eigenvalue weighted by Crippen LogP contribution is -2.53. The number of ether oxygens (including phenoxy) is 1. The standard InChI is InChI=1S/C12H25N3O3/c1-3-11(16)10-14-5-7-15(8-6-14)12(17)13-4-9-18-2/h11,16H,3-10H2,1-2H3,(H,13,17)/t11-/m1/s1. The van der Waals surface area contributed by atoms with Crippen molar-refractivity contribution < 1.29 is 14.6 Å². The van der Waals surface area contributed by atoms with Gasteiger partial charge in [-0.2, -0.15) is 0 Å². The first kappa shape index (κ1) is 15.2. The third-order valence-electron chi connectivity index (χ3n) is 3.18. The normalized spacial score (nSPS) is 18.7. The molecular formula is C12H25N3O3. The summed E-state index contributed by atoms with van der Waals surface area (Å²) in [6.07, 6.45) is 0.518. The van der Waals surface area contributed by atoms with Crippen molar-refractivity contribution in [1.82, 2.24) is 15.1 Å². The highest BCUT2D eigenvalue weighted by atomic mass is 16.5. The Morgan fingerprint density at radius 1 is 1.39 bits per heavy atom. The maximum absolute atomic E-state index is 11.7. The van der Waals surface area contributed by atoms with E-state index < -0.39 is 0 Å². The Bertz CT molecular complexity index is 243. The van der Waals surface area contributed by atoms with E-state index in [1.807, 2.05) is 11.8 Å². The molecule has 0 bridgehead atoms. The van der Waals surface area contributed by atoms with Crippen molar-refractivity contribution in [2.24, 2.45) is 0 Å². The molecule has 106 valence electrons. The first-order chi connectivity index (χ1) is 8.67. The molecule has 2 amide bonds. The molecule has 0 radical (unpaired) electrons. The molecule has 0 saturated carbocycles. The van der Waals surface area contributed by atoms with Gasteiger partial charge < -0.3 is 20.1 Å². The second-order valence-corrected chi connectivity index (χ2v) is 4.57. The lowest BCUT2D eigenvalue weighted by molar-refractivity contribution is 0.0787. The molecule has 0 aromatic rings. The van der Waals surface area contributed by atoms with Crippen LogP contribution in [0.3, 0.4) is 0 Å². The van der Waals surface area contributed by atoms with Crippen LogP contribution in [0.15, 0.2) is 0 Å². The number of amides is 2. The molecule has 6 heteroatoms. The van der Waals surface area contributed by atoms with E-state index in [0.29, 0.717) is 19.7 Å². The summed E-state index contributed by atoms with van der Waals surface area (Å²) in [6, 6.07) is -0.0252. The predicted octanol–water partition coefficient (Wildman–Crippen LogP) is -0.269. The van der Waals surface area contributed by atoms with Gasteiger partial charge in [-0.15, -0.1) is 0 Å². The molecule has 1 rings (SSSR count). The second kappa shape index (κ2) is 8.29. The number of hydrogen-bond acceptors (Lipinski definition) is 4. The van der Waals surface area contributed by atoms with Crippen molar-refractivity contribution in [3.05, 3.63) is 0 Å². The van der Waals surface area contributed by atoms with Crippen molar-refractivity contribution in [2.45, 2.75) is 19.4 Å². The number of nitrogens with zero attached hydrogens (tertiary/aromatic N) is 2. The molecule has 1 aliphatic heterocycles. The number of methoxy groups -OCH3 is 1. The van der Waals surface area contributed by atoms with Gasteiger partial charge in [-0.1, -0.05) is 6.92 Å². The topological polar surface area (TPSA) is 65.0 Å². The fourth-order valence-corrected chi connectivity index (χ4v) is 1.93. The predicted molar refractivity (Wildman–Crippen MR) is 69.6 cm³/mol. The average molecular weight is 259 g/mol. The van der Waals surface area contributed by atoms with Gasteiger partial charge in [-0.3, -0.25) is 4.90 Å². The molecule has 1 aliphatic rings. The van der Waals surface area contributed by atoms with Crippen LogP contribution in [0.2, 0.25) is 0 Å². The molecular weight excluding hydrogens is 234 g/mol. The third kappa shape index (κ3) is 5.20. The molecule has 0 aromatic heterocycles. The Balaban J connectivity index is 2.20. The molecule has 1 fully saturated rings. The van der Waals surface area contributed by atoms with Crippen molar-refractivity contribution in [3.8, 4) is 0 Å². The van der Waals surface area contributed by atoms with Gasteiger partial charge in [0.2, 0.25) is 0 Å². The molecule has 0 aliphatic carbocycles. The van der Waals surface area contributed by atoms with E-state index in [9.17, 15) is 9.90 Å². The molecule has 1 saturated heterocycles. The monoisotopic (exact) mass is 259 g/mol. The van der Waals surface area contributed by atoms with Gasteiger partial charge in [0.1, 0.15) is 0 Å². The number of urea groups is 1. The molecule has 0 spiro atoms. The zero-order valence-electron chi connectivity index (χ0n) is 11.4. The van der Waals surface area contributed by atoms with E-state index in [4.69, 9.17) is 4.74 Å². The average Bonchev–Trinajstić information content (AvgIpc) is 2.39. The van der Waals surface area contributed by atoms with Crippen LogP contribution in [0.1, 0.15) is 13.3 Å². The fraction of sp³-hybridized carbons (Fsp3) is 0.917. The van der Waals surface area contributed by atoms with Crippen LogP contribution in [-0.2, 0) is 4.74 Å². The minimum absolute atomic E-state index is 0.0252. The van der Waals surface area contributed by atoms with Crippen LogP contribution in [0.25, 0.3) is 0 Å². The molecule has 1 atom stereocenters. The van der Waals surface area contributed by atoms with E-state index >= 15 is 0 Å². The van der Waals surface area contributed by atoms with Crippen LogP contribution in [-0.4, -0.2) is 80.0 Å². The lowest BCUT2D eigenvalue weighted by atomic mass is 10.2. The van der Waals surface area contributed by atoms with E-state index in [1.54, 1.807) is 7.11 Å².